The van der Waals surface area contributed by atoms with Crippen LogP contribution in [-0.2, 0) is 6.54 Å². The summed E-state index contributed by atoms with van der Waals surface area (Å²) in [5, 5.41) is 13.0. The van der Waals surface area contributed by atoms with Gasteiger partial charge in [-0.3, -0.25) is 0 Å². The standard InChI is InChI=1S/C14H19ClN2O/c1-10(2)12(7-16)9-17-8-11-6-13(15)4-5-14(11)18-3/h4-6,10,12,17H,8-9H2,1-3H3. The van der Waals surface area contributed by atoms with Gasteiger partial charge >= 0.3 is 0 Å². The summed E-state index contributed by atoms with van der Waals surface area (Å²) in [6.07, 6.45) is 0. The highest BCUT2D eigenvalue weighted by atomic mass is 35.5. The molecular weight excluding hydrogens is 248 g/mol. The zero-order valence-electron chi connectivity index (χ0n) is 11.0. The van der Waals surface area contributed by atoms with Gasteiger partial charge in [-0.05, 0) is 24.1 Å². The van der Waals surface area contributed by atoms with E-state index in [1.807, 2.05) is 12.1 Å². The van der Waals surface area contributed by atoms with Crippen LogP contribution in [0.2, 0.25) is 5.02 Å². The molecule has 1 atom stereocenters. The quantitative estimate of drug-likeness (QED) is 0.860. The van der Waals surface area contributed by atoms with Crippen molar-refractivity contribution in [3.05, 3.63) is 28.8 Å². The monoisotopic (exact) mass is 266 g/mol. The van der Waals surface area contributed by atoms with Crippen molar-refractivity contribution in [1.82, 2.24) is 5.32 Å². The molecule has 0 heterocycles. The predicted octanol–water partition coefficient (Wildman–Crippen LogP) is 3.23. The molecule has 1 rings (SSSR count). The Labute approximate surface area is 114 Å². The molecule has 1 N–H and O–H groups in total. The SMILES string of the molecule is COc1ccc(Cl)cc1CNCC(C#N)C(C)C. The topological polar surface area (TPSA) is 45.0 Å². The molecule has 1 unspecified atom stereocenters. The van der Waals surface area contributed by atoms with Crippen LogP contribution in [0.25, 0.3) is 0 Å². The van der Waals surface area contributed by atoms with Gasteiger partial charge in [-0.1, -0.05) is 25.4 Å². The van der Waals surface area contributed by atoms with Crippen molar-refractivity contribution in [2.75, 3.05) is 13.7 Å². The Kier molecular flexibility index (Phi) is 5.97. The van der Waals surface area contributed by atoms with E-state index >= 15 is 0 Å². The lowest BCUT2D eigenvalue weighted by Gasteiger charge is -2.15. The van der Waals surface area contributed by atoms with E-state index in [0.717, 1.165) is 11.3 Å². The molecule has 3 nitrogen and oxygen atoms in total. The van der Waals surface area contributed by atoms with E-state index in [-0.39, 0.29) is 5.92 Å². The summed E-state index contributed by atoms with van der Waals surface area (Å²) in [6.45, 7) is 5.42. The average Bonchev–Trinajstić information content (AvgIpc) is 2.34. The number of rotatable bonds is 6. The first kappa shape index (κ1) is 14.8. The van der Waals surface area contributed by atoms with E-state index < -0.39 is 0 Å². The highest BCUT2D eigenvalue weighted by Crippen LogP contribution is 2.22. The number of ether oxygens (including phenoxy) is 1. The fourth-order valence-corrected chi connectivity index (χ4v) is 1.87. The minimum absolute atomic E-state index is 0.0233. The van der Waals surface area contributed by atoms with Crippen LogP contribution in [0.3, 0.4) is 0 Å². The zero-order chi connectivity index (χ0) is 13.5. The molecule has 0 aliphatic carbocycles. The largest absolute Gasteiger partial charge is 0.496 e. The summed E-state index contributed by atoms with van der Waals surface area (Å²) in [6, 6.07) is 7.84. The second-order valence-corrected chi connectivity index (χ2v) is 5.00. The maximum Gasteiger partial charge on any atom is 0.123 e. The number of halogens is 1. The van der Waals surface area contributed by atoms with Crippen molar-refractivity contribution in [3.63, 3.8) is 0 Å². The van der Waals surface area contributed by atoms with Crippen molar-refractivity contribution in [2.24, 2.45) is 11.8 Å². The van der Waals surface area contributed by atoms with Gasteiger partial charge < -0.3 is 10.1 Å². The number of nitrogens with one attached hydrogen (secondary N) is 1. The Bertz CT molecular complexity index is 426. The van der Waals surface area contributed by atoms with Crippen molar-refractivity contribution in [3.8, 4) is 11.8 Å². The van der Waals surface area contributed by atoms with Crippen molar-refractivity contribution in [1.29, 1.82) is 5.26 Å². The summed E-state index contributed by atoms with van der Waals surface area (Å²) < 4.78 is 5.27. The summed E-state index contributed by atoms with van der Waals surface area (Å²) in [4.78, 5) is 0. The highest BCUT2D eigenvalue weighted by molar-refractivity contribution is 6.30. The molecule has 4 heteroatoms. The molecule has 0 aliphatic heterocycles. The molecule has 0 aliphatic rings. The normalized spacial score (nSPS) is 12.2. The minimum atomic E-state index is 0.0233. The van der Waals surface area contributed by atoms with Crippen LogP contribution in [0, 0.1) is 23.2 Å². The maximum absolute atomic E-state index is 9.00. The first-order valence-electron chi connectivity index (χ1n) is 6.01. The van der Waals surface area contributed by atoms with Crippen LogP contribution in [-0.4, -0.2) is 13.7 Å². The fourth-order valence-electron chi connectivity index (χ4n) is 1.68. The Morgan fingerprint density at radius 1 is 1.44 bits per heavy atom. The molecule has 0 amide bonds. The Morgan fingerprint density at radius 3 is 2.72 bits per heavy atom. The summed E-state index contributed by atoms with van der Waals surface area (Å²) in [5.41, 5.74) is 1.01. The molecule has 98 valence electrons. The predicted molar refractivity (Wildman–Crippen MR) is 73.7 cm³/mol. The van der Waals surface area contributed by atoms with Gasteiger partial charge in [-0.2, -0.15) is 5.26 Å². The Morgan fingerprint density at radius 2 is 2.17 bits per heavy atom. The third-order valence-electron chi connectivity index (χ3n) is 2.89. The maximum atomic E-state index is 9.00. The van der Waals surface area contributed by atoms with Crippen LogP contribution in [0.5, 0.6) is 5.75 Å². The first-order valence-corrected chi connectivity index (χ1v) is 6.39. The summed E-state index contributed by atoms with van der Waals surface area (Å²) in [7, 11) is 1.64. The molecule has 0 saturated carbocycles. The first-order chi connectivity index (χ1) is 8.58. The number of hydrogen-bond donors (Lipinski definition) is 1. The summed E-state index contributed by atoms with van der Waals surface area (Å²) >= 11 is 5.96. The van der Waals surface area contributed by atoms with E-state index in [9.17, 15) is 0 Å². The molecule has 1 aromatic carbocycles. The number of benzene rings is 1. The van der Waals surface area contributed by atoms with Crippen molar-refractivity contribution < 1.29 is 4.74 Å². The second-order valence-electron chi connectivity index (χ2n) is 4.57. The number of nitriles is 1. The van der Waals surface area contributed by atoms with E-state index in [4.69, 9.17) is 21.6 Å². The third-order valence-corrected chi connectivity index (χ3v) is 3.13. The van der Waals surface area contributed by atoms with Crippen LogP contribution in [0.4, 0.5) is 0 Å². The van der Waals surface area contributed by atoms with Gasteiger partial charge in [0.25, 0.3) is 0 Å². The van der Waals surface area contributed by atoms with Crippen LogP contribution in [0.1, 0.15) is 19.4 Å². The number of methoxy groups -OCH3 is 1. The Balaban J connectivity index is 2.58. The second kappa shape index (κ2) is 7.25. The van der Waals surface area contributed by atoms with Gasteiger partial charge in [-0.25, -0.2) is 0 Å². The number of hydrogen-bond acceptors (Lipinski definition) is 3. The average molecular weight is 267 g/mol. The minimum Gasteiger partial charge on any atom is -0.496 e. The molecule has 0 fully saturated rings. The van der Waals surface area contributed by atoms with Crippen molar-refractivity contribution >= 4 is 11.6 Å². The van der Waals surface area contributed by atoms with E-state index in [1.165, 1.54) is 0 Å². The third kappa shape index (κ3) is 4.21. The molecule has 18 heavy (non-hydrogen) atoms. The number of nitrogens with zero attached hydrogens (tertiary/aromatic N) is 1. The van der Waals surface area contributed by atoms with Gasteiger partial charge in [0.15, 0.2) is 0 Å². The van der Waals surface area contributed by atoms with Gasteiger partial charge in [-0.15, -0.1) is 0 Å². The highest BCUT2D eigenvalue weighted by Gasteiger charge is 2.12. The van der Waals surface area contributed by atoms with Gasteiger partial charge in [0.2, 0.25) is 0 Å². The summed E-state index contributed by atoms with van der Waals surface area (Å²) in [5.74, 6) is 1.18. The van der Waals surface area contributed by atoms with Gasteiger partial charge in [0, 0.05) is 23.7 Å². The molecule has 0 spiro atoms. The zero-order valence-corrected chi connectivity index (χ0v) is 11.8. The Hall–Kier alpha value is -1.24. The smallest absolute Gasteiger partial charge is 0.123 e. The van der Waals surface area contributed by atoms with Gasteiger partial charge in [0.05, 0.1) is 19.1 Å². The van der Waals surface area contributed by atoms with E-state index in [0.29, 0.717) is 24.0 Å². The molecule has 0 saturated heterocycles. The molecular formula is C14H19ClN2O. The molecule has 1 aromatic rings. The van der Waals surface area contributed by atoms with Crippen LogP contribution >= 0.6 is 11.6 Å². The lowest BCUT2D eigenvalue weighted by Crippen LogP contribution is -2.25. The fraction of sp³-hybridized carbons (Fsp3) is 0.500. The van der Waals surface area contributed by atoms with E-state index in [2.05, 4.69) is 25.2 Å². The molecule has 0 aromatic heterocycles. The van der Waals surface area contributed by atoms with Crippen LogP contribution in [0.15, 0.2) is 18.2 Å². The molecule has 0 bridgehead atoms. The van der Waals surface area contributed by atoms with E-state index in [1.54, 1.807) is 13.2 Å². The van der Waals surface area contributed by atoms with Crippen LogP contribution < -0.4 is 10.1 Å². The molecule has 0 radical (unpaired) electrons. The lowest BCUT2D eigenvalue weighted by atomic mass is 9.97. The van der Waals surface area contributed by atoms with Gasteiger partial charge in [0.1, 0.15) is 5.75 Å². The lowest BCUT2D eigenvalue weighted by molar-refractivity contribution is 0.403. The van der Waals surface area contributed by atoms with Crippen molar-refractivity contribution in [2.45, 2.75) is 20.4 Å².